The quantitative estimate of drug-likeness (QED) is 0.753. The van der Waals surface area contributed by atoms with Crippen molar-refractivity contribution < 1.29 is 4.74 Å². The smallest absolute Gasteiger partial charge is 0.0922 e. The minimum absolute atomic E-state index is 0.385. The Kier molecular flexibility index (Phi) is 3.27. The summed E-state index contributed by atoms with van der Waals surface area (Å²) in [6.07, 6.45) is 3.48. The van der Waals surface area contributed by atoms with Gasteiger partial charge >= 0.3 is 0 Å². The summed E-state index contributed by atoms with van der Waals surface area (Å²) in [6.45, 7) is 9.73. The van der Waals surface area contributed by atoms with Gasteiger partial charge in [-0.1, -0.05) is 19.6 Å². The Bertz CT molecular complexity index is 241. The molecule has 0 saturated carbocycles. The fourth-order valence-corrected chi connectivity index (χ4v) is 1.41. The molecule has 4 heteroatoms. The highest BCUT2D eigenvalue weighted by Crippen LogP contribution is 2.12. The van der Waals surface area contributed by atoms with Crippen LogP contribution in [0.2, 0.25) is 19.6 Å². The topological polar surface area (TPSA) is 37.9 Å². The molecule has 1 atom stereocenters. The number of aromatic amines is 1. The Morgan fingerprint density at radius 1 is 1.54 bits per heavy atom. The van der Waals surface area contributed by atoms with Gasteiger partial charge in [-0.2, -0.15) is 0 Å². The summed E-state index contributed by atoms with van der Waals surface area (Å²) in [4.78, 5) is 6.96. The molecule has 0 aromatic carbocycles. The number of hydrogen-bond acceptors (Lipinski definition) is 2. The molecule has 1 heterocycles. The van der Waals surface area contributed by atoms with Gasteiger partial charge in [-0.3, -0.25) is 0 Å². The highest BCUT2D eigenvalue weighted by molar-refractivity contribution is 6.77. The maximum atomic E-state index is 5.74. The molecule has 0 spiro atoms. The zero-order chi connectivity index (χ0) is 9.90. The van der Waals surface area contributed by atoms with Crippen LogP contribution < -0.4 is 0 Å². The molecule has 0 fully saturated rings. The van der Waals surface area contributed by atoms with E-state index in [4.69, 9.17) is 4.74 Å². The number of rotatable bonds is 4. The molecule has 0 radical (unpaired) electrons. The molecule has 1 rings (SSSR count). The third-order valence-corrected chi connectivity index (χ3v) is 4.87. The lowest BCUT2D eigenvalue weighted by Gasteiger charge is -2.24. The molecule has 1 unspecified atom stereocenters. The first-order chi connectivity index (χ1) is 6.00. The van der Waals surface area contributed by atoms with Crippen LogP contribution in [-0.4, -0.2) is 23.8 Å². The molecule has 1 N–H and O–H groups in total. The second-order valence-corrected chi connectivity index (χ2v) is 9.94. The summed E-state index contributed by atoms with van der Waals surface area (Å²) >= 11 is 0. The third kappa shape index (κ3) is 3.32. The maximum Gasteiger partial charge on any atom is 0.0922 e. The van der Waals surface area contributed by atoms with E-state index in [0.717, 1.165) is 5.69 Å². The van der Waals surface area contributed by atoms with Crippen molar-refractivity contribution >= 4 is 8.07 Å². The Morgan fingerprint density at radius 2 is 2.23 bits per heavy atom. The standard InChI is InChI=1S/C9H18N2OSi/c1-8(13(2,3)4)12-6-9-5-10-7-11-9/h5,7-8H,6H2,1-4H3,(H,10,11). The minimum atomic E-state index is -1.15. The first kappa shape index (κ1) is 10.5. The molecule has 1 aromatic rings. The SMILES string of the molecule is CC(OCc1cnc[nH]1)[Si](C)(C)C. The van der Waals surface area contributed by atoms with Crippen molar-refractivity contribution in [1.82, 2.24) is 9.97 Å². The predicted octanol–water partition coefficient (Wildman–Crippen LogP) is 2.19. The number of aromatic nitrogens is 2. The molecule has 0 saturated heterocycles. The van der Waals surface area contributed by atoms with Crippen molar-refractivity contribution in [3.8, 4) is 0 Å². The monoisotopic (exact) mass is 198 g/mol. The van der Waals surface area contributed by atoms with Gasteiger partial charge in [-0.25, -0.2) is 4.98 Å². The normalized spacial score (nSPS) is 14.5. The summed E-state index contributed by atoms with van der Waals surface area (Å²) in [5.41, 5.74) is 1.43. The Hall–Kier alpha value is -0.613. The fourth-order valence-electron chi connectivity index (χ4n) is 0.828. The number of ether oxygens (including phenoxy) is 1. The van der Waals surface area contributed by atoms with E-state index in [0.29, 0.717) is 12.3 Å². The first-order valence-electron chi connectivity index (χ1n) is 4.59. The van der Waals surface area contributed by atoms with E-state index in [1.165, 1.54) is 0 Å². The van der Waals surface area contributed by atoms with Crippen molar-refractivity contribution in [2.24, 2.45) is 0 Å². The van der Waals surface area contributed by atoms with E-state index >= 15 is 0 Å². The number of hydrogen-bond donors (Lipinski definition) is 1. The zero-order valence-electron chi connectivity index (χ0n) is 8.79. The second-order valence-electron chi connectivity index (χ2n) is 4.40. The molecule has 13 heavy (non-hydrogen) atoms. The lowest BCUT2D eigenvalue weighted by molar-refractivity contribution is 0.0957. The van der Waals surface area contributed by atoms with E-state index < -0.39 is 8.07 Å². The lowest BCUT2D eigenvalue weighted by atomic mass is 10.5. The average molecular weight is 198 g/mol. The van der Waals surface area contributed by atoms with E-state index in [-0.39, 0.29) is 0 Å². The summed E-state index contributed by atoms with van der Waals surface area (Å²) in [5, 5.41) is 0. The van der Waals surface area contributed by atoms with Gasteiger partial charge in [0, 0.05) is 5.73 Å². The van der Waals surface area contributed by atoms with Gasteiger partial charge in [-0.05, 0) is 6.92 Å². The largest absolute Gasteiger partial charge is 0.376 e. The van der Waals surface area contributed by atoms with E-state index in [1.54, 1.807) is 12.5 Å². The van der Waals surface area contributed by atoms with Crippen LogP contribution in [0.5, 0.6) is 0 Å². The van der Waals surface area contributed by atoms with Crippen LogP contribution in [0, 0.1) is 0 Å². The van der Waals surface area contributed by atoms with Crippen molar-refractivity contribution in [3.63, 3.8) is 0 Å². The summed E-state index contributed by atoms with van der Waals surface area (Å²) < 4.78 is 5.74. The summed E-state index contributed by atoms with van der Waals surface area (Å²) in [5.74, 6) is 0. The molecule has 0 amide bonds. The molecule has 0 bridgehead atoms. The third-order valence-electron chi connectivity index (χ3n) is 2.26. The highest BCUT2D eigenvalue weighted by Gasteiger charge is 2.22. The second kappa shape index (κ2) is 4.06. The molecule has 3 nitrogen and oxygen atoms in total. The van der Waals surface area contributed by atoms with Crippen LogP contribution in [0.1, 0.15) is 12.6 Å². The molecule has 0 aliphatic rings. The Labute approximate surface area is 80.5 Å². The van der Waals surface area contributed by atoms with Crippen LogP contribution >= 0.6 is 0 Å². The lowest BCUT2D eigenvalue weighted by Crippen LogP contribution is -2.37. The predicted molar refractivity (Wildman–Crippen MR) is 56.2 cm³/mol. The van der Waals surface area contributed by atoms with Gasteiger partial charge in [0.1, 0.15) is 0 Å². The molecule has 74 valence electrons. The van der Waals surface area contributed by atoms with Crippen molar-refractivity contribution in [2.75, 3.05) is 0 Å². The van der Waals surface area contributed by atoms with Crippen LogP contribution in [0.15, 0.2) is 12.5 Å². The number of nitrogens with one attached hydrogen (secondary N) is 1. The van der Waals surface area contributed by atoms with Crippen LogP contribution in [-0.2, 0) is 11.3 Å². The van der Waals surface area contributed by atoms with E-state index in [1.807, 2.05) is 0 Å². The number of H-pyrrole nitrogens is 1. The van der Waals surface area contributed by atoms with Crippen molar-refractivity contribution in [1.29, 1.82) is 0 Å². The van der Waals surface area contributed by atoms with Gasteiger partial charge < -0.3 is 9.72 Å². The highest BCUT2D eigenvalue weighted by atomic mass is 28.3. The van der Waals surface area contributed by atoms with Crippen LogP contribution in [0.25, 0.3) is 0 Å². The molecular formula is C9H18N2OSi. The minimum Gasteiger partial charge on any atom is -0.376 e. The number of nitrogens with zero attached hydrogens (tertiary/aromatic N) is 1. The average Bonchev–Trinajstić information content (AvgIpc) is 2.50. The fraction of sp³-hybridized carbons (Fsp3) is 0.667. The van der Waals surface area contributed by atoms with Gasteiger partial charge in [0.2, 0.25) is 0 Å². The molecule has 0 aliphatic heterocycles. The number of imidazole rings is 1. The van der Waals surface area contributed by atoms with E-state index in [9.17, 15) is 0 Å². The Balaban J connectivity index is 2.35. The van der Waals surface area contributed by atoms with Gasteiger partial charge in [0.15, 0.2) is 0 Å². The molecule has 1 aromatic heterocycles. The molecule has 0 aliphatic carbocycles. The van der Waals surface area contributed by atoms with Crippen molar-refractivity contribution in [2.45, 2.75) is 38.9 Å². The van der Waals surface area contributed by atoms with Gasteiger partial charge in [0.25, 0.3) is 0 Å². The maximum absolute atomic E-state index is 5.74. The molecular weight excluding hydrogens is 180 g/mol. The summed E-state index contributed by atoms with van der Waals surface area (Å²) in [6, 6.07) is 0. The van der Waals surface area contributed by atoms with Crippen LogP contribution in [0.3, 0.4) is 0 Å². The summed E-state index contributed by atoms with van der Waals surface area (Å²) in [7, 11) is -1.15. The van der Waals surface area contributed by atoms with Crippen molar-refractivity contribution in [3.05, 3.63) is 18.2 Å². The van der Waals surface area contributed by atoms with Gasteiger partial charge in [0.05, 0.1) is 32.9 Å². The van der Waals surface area contributed by atoms with Gasteiger partial charge in [-0.15, -0.1) is 0 Å². The van der Waals surface area contributed by atoms with Crippen LogP contribution in [0.4, 0.5) is 0 Å². The first-order valence-corrected chi connectivity index (χ1v) is 8.17. The Morgan fingerprint density at radius 3 is 2.69 bits per heavy atom. The zero-order valence-corrected chi connectivity index (χ0v) is 9.79. The van der Waals surface area contributed by atoms with E-state index in [2.05, 4.69) is 36.5 Å².